The zero-order valence-electron chi connectivity index (χ0n) is 16.0. The van der Waals surface area contributed by atoms with E-state index in [0.717, 1.165) is 12.1 Å². The summed E-state index contributed by atoms with van der Waals surface area (Å²) in [5, 5.41) is 0.519. The predicted octanol–water partition coefficient (Wildman–Crippen LogP) is 3.69. The average Bonchev–Trinajstić information content (AvgIpc) is 2.69. The third-order valence-corrected chi connectivity index (χ3v) is 5.27. The monoisotopic (exact) mass is 400 g/mol. The Morgan fingerprint density at radius 3 is 2.41 bits per heavy atom. The van der Waals surface area contributed by atoms with Crippen LogP contribution < -0.4 is 4.90 Å². The first-order valence-corrected chi connectivity index (χ1v) is 9.26. The normalized spacial score (nSPS) is 14.5. The maximum absolute atomic E-state index is 15.4. The van der Waals surface area contributed by atoms with Gasteiger partial charge in [0.25, 0.3) is 0 Å². The highest BCUT2D eigenvalue weighted by Gasteiger charge is 2.24. The summed E-state index contributed by atoms with van der Waals surface area (Å²) in [6.07, 6.45) is 1.28. The predicted molar refractivity (Wildman–Crippen MR) is 104 cm³/mol. The van der Waals surface area contributed by atoms with Gasteiger partial charge in [0, 0.05) is 55.7 Å². The number of aryl methyl sites for hydroxylation is 1. The van der Waals surface area contributed by atoms with Crippen molar-refractivity contribution in [3.05, 3.63) is 53.6 Å². The van der Waals surface area contributed by atoms with Crippen LogP contribution in [0.1, 0.15) is 12.5 Å². The van der Waals surface area contributed by atoms with Gasteiger partial charge in [0.2, 0.25) is 5.91 Å². The molecule has 0 N–H and O–H groups in total. The molecule has 1 aliphatic rings. The van der Waals surface area contributed by atoms with E-state index in [0.29, 0.717) is 42.9 Å². The van der Waals surface area contributed by atoms with Gasteiger partial charge in [-0.1, -0.05) is 0 Å². The molecule has 0 radical (unpaired) electrons. The van der Waals surface area contributed by atoms with Gasteiger partial charge in [-0.15, -0.1) is 0 Å². The Hall–Kier alpha value is -3.16. The molecule has 150 valence electrons. The highest BCUT2D eigenvalue weighted by molar-refractivity contribution is 5.94. The lowest BCUT2D eigenvalue weighted by atomic mass is 9.97. The summed E-state index contributed by atoms with van der Waals surface area (Å²) in [6.45, 7) is 5.46. The van der Waals surface area contributed by atoms with Crippen molar-refractivity contribution in [2.24, 2.45) is 0 Å². The molecule has 1 aromatic heterocycles. The summed E-state index contributed by atoms with van der Waals surface area (Å²) in [4.78, 5) is 23.7. The van der Waals surface area contributed by atoms with E-state index in [1.807, 2.05) is 4.90 Å². The summed E-state index contributed by atoms with van der Waals surface area (Å²) in [5.41, 5.74) is 0.617. The summed E-state index contributed by atoms with van der Waals surface area (Å²) in [7, 11) is 0. The maximum atomic E-state index is 15.4. The Bertz CT molecular complexity index is 1110. The summed E-state index contributed by atoms with van der Waals surface area (Å²) >= 11 is 0. The quantitative estimate of drug-likeness (QED) is 0.658. The van der Waals surface area contributed by atoms with Crippen LogP contribution in [-0.2, 0) is 4.79 Å². The Morgan fingerprint density at radius 1 is 1.03 bits per heavy atom. The van der Waals surface area contributed by atoms with Crippen molar-refractivity contribution >= 4 is 22.6 Å². The molecule has 3 aromatic rings. The third-order valence-electron chi connectivity index (χ3n) is 5.27. The molecular formula is C21H19F3N4O. The first-order chi connectivity index (χ1) is 13.9. The molecule has 0 spiro atoms. The van der Waals surface area contributed by atoms with Crippen molar-refractivity contribution in [1.82, 2.24) is 14.9 Å². The molecule has 1 saturated heterocycles. The van der Waals surface area contributed by atoms with Gasteiger partial charge in [-0.25, -0.2) is 23.1 Å². The minimum Gasteiger partial charge on any atom is -0.352 e. The number of hydrogen-bond acceptors (Lipinski definition) is 4. The van der Waals surface area contributed by atoms with E-state index in [1.165, 1.54) is 19.3 Å². The van der Waals surface area contributed by atoms with Crippen molar-refractivity contribution in [1.29, 1.82) is 0 Å². The van der Waals surface area contributed by atoms with Gasteiger partial charge in [0.1, 0.15) is 29.3 Å². The van der Waals surface area contributed by atoms with Crippen LogP contribution in [0.4, 0.5) is 19.0 Å². The number of piperazine rings is 1. The van der Waals surface area contributed by atoms with Gasteiger partial charge in [-0.2, -0.15) is 0 Å². The van der Waals surface area contributed by atoms with Gasteiger partial charge in [0.15, 0.2) is 5.82 Å². The Labute approximate surface area is 165 Å². The van der Waals surface area contributed by atoms with Crippen LogP contribution >= 0.6 is 0 Å². The van der Waals surface area contributed by atoms with Crippen LogP contribution in [-0.4, -0.2) is 47.0 Å². The molecule has 29 heavy (non-hydrogen) atoms. The van der Waals surface area contributed by atoms with Gasteiger partial charge in [-0.3, -0.25) is 4.79 Å². The molecule has 0 aliphatic carbocycles. The van der Waals surface area contributed by atoms with Crippen LogP contribution in [0.5, 0.6) is 0 Å². The molecule has 0 unspecified atom stereocenters. The molecule has 0 atom stereocenters. The Kier molecular flexibility index (Phi) is 4.86. The zero-order valence-corrected chi connectivity index (χ0v) is 16.0. The number of rotatable bonds is 2. The van der Waals surface area contributed by atoms with Gasteiger partial charge >= 0.3 is 0 Å². The molecule has 4 rings (SSSR count). The van der Waals surface area contributed by atoms with E-state index in [-0.39, 0.29) is 22.6 Å². The fraction of sp³-hybridized carbons (Fsp3) is 0.286. The van der Waals surface area contributed by atoms with E-state index >= 15 is 4.39 Å². The van der Waals surface area contributed by atoms with Crippen molar-refractivity contribution < 1.29 is 18.0 Å². The van der Waals surface area contributed by atoms with Gasteiger partial charge in [-0.05, 0) is 30.7 Å². The Balaban J connectivity index is 1.80. The summed E-state index contributed by atoms with van der Waals surface area (Å²) < 4.78 is 42.9. The second kappa shape index (κ2) is 7.35. The average molecular weight is 400 g/mol. The lowest BCUT2D eigenvalue weighted by Crippen LogP contribution is -2.48. The van der Waals surface area contributed by atoms with Crippen molar-refractivity contribution in [2.75, 3.05) is 31.1 Å². The summed E-state index contributed by atoms with van der Waals surface area (Å²) in [5.74, 6) is -1.63. The number of benzene rings is 2. The second-order valence-corrected chi connectivity index (χ2v) is 7.09. The highest BCUT2D eigenvalue weighted by atomic mass is 19.1. The van der Waals surface area contributed by atoms with E-state index in [2.05, 4.69) is 9.97 Å². The third kappa shape index (κ3) is 3.39. The number of fused-ring (bicyclic) bond motifs is 1. The maximum Gasteiger partial charge on any atom is 0.219 e. The van der Waals surface area contributed by atoms with Crippen LogP contribution in [0, 0.1) is 24.4 Å². The number of halogens is 3. The lowest BCUT2D eigenvalue weighted by Gasteiger charge is -2.35. The van der Waals surface area contributed by atoms with Gasteiger partial charge in [0.05, 0.1) is 0 Å². The first-order valence-electron chi connectivity index (χ1n) is 9.26. The van der Waals surface area contributed by atoms with E-state index in [9.17, 15) is 13.6 Å². The molecule has 1 amide bonds. The number of anilines is 1. The number of nitrogens with zero attached hydrogens (tertiary/aromatic N) is 4. The molecule has 1 aliphatic heterocycles. The fourth-order valence-electron chi connectivity index (χ4n) is 3.78. The minimum atomic E-state index is -0.832. The largest absolute Gasteiger partial charge is 0.352 e. The van der Waals surface area contributed by atoms with E-state index in [4.69, 9.17) is 0 Å². The number of carbonyl (C=O) groups excluding carboxylic acids is 1. The smallest absolute Gasteiger partial charge is 0.219 e. The summed E-state index contributed by atoms with van der Waals surface area (Å²) in [6, 6.07) is 4.79. The number of amides is 1. The molecule has 2 aromatic carbocycles. The van der Waals surface area contributed by atoms with Crippen molar-refractivity contribution in [2.45, 2.75) is 13.8 Å². The van der Waals surface area contributed by atoms with E-state index in [1.54, 1.807) is 17.9 Å². The molecule has 2 heterocycles. The van der Waals surface area contributed by atoms with Crippen molar-refractivity contribution in [3.63, 3.8) is 0 Å². The molecule has 0 saturated carbocycles. The minimum absolute atomic E-state index is 0.0152. The topological polar surface area (TPSA) is 49.3 Å². The fourth-order valence-corrected chi connectivity index (χ4v) is 3.78. The first kappa shape index (κ1) is 19.2. The number of carbonyl (C=O) groups is 1. The van der Waals surface area contributed by atoms with E-state index < -0.39 is 17.5 Å². The Morgan fingerprint density at radius 2 is 1.76 bits per heavy atom. The van der Waals surface area contributed by atoms with Crippen LogP contribution in [0.3, 0.4) is 0 Å². The lowest BCUT2D eigenvalue weighted by molar-refractivity contribution is -0.129. The van der Waals surface area contributed by atoms with Crippen LogP contribution in [0.2, 0.25) is 0 Å². The molecule has 0 bridgehead atoms. The SMILES string of the molecule is CC(=O)N1CCN(c2ncnc3c(F)c(-c4ccc(F)cc4F)c(C)cc23)CC1. The number of hydrogen-bond donors (Lipinski definition) is 0. The molecular weight excluding hydrogens is 381 g/mol. The highest BCUT2D eigenvalue weighted by Crippen LogP contribution is 2.36. The van der Waals surface area contributed by atoms with Gasteiger partial charge < -0.3 is 9.80 Å². The second-order valence-electron chi connectivity index (χ2n) is 7.09. The number of aromatic nitrogens is 2. The van der Waals surface area contributed by atoms with Crippen LogP contribution in [0.15, 0.2) is 30.6 Å². The van der Waals surface area contributed by atoms with Crippen LogP contribution in [0.25, 0.3) is 22.0 Å². The molecule has 8 heteroatoms. The van der Waals surface area contributed by atoms with Crippen molar-refractivity contribution in [3.8, 4) is 11.1 Å². The zero-order chi connectivity index (χ0) is 20.7. The standard InChI is InChI=1S/C21H19F3N4O/c1-12-9-16-20(19(24)18(12)15-4-3-14(22)10-17(15)23)25-11-26-21(16)28-7-5-27(6-8-28)13(2)29/h3-4,9-11H,5-8H2,1-2H3. The molecule has 1 fully saturated rings. The molecule has 5 nitrogen and oxygen atoms in total.